The average molecular weight is 281 g/mol. The molecule has 0 aliphatic rings. The maximum absolute atomic E-state index is 11.7. The lowest BCUT2D eigenvalue weighted by molar-refractivity contribution is -0.127. The summed E-state index contributed by atoms with van der Waals surface area (Å²) in [6.07, 6.45) is 4.45. The van der Waals surface area contributed by atoms with Crippen LogP contribution in [-0.4, -0.2) is 25.6 Å². The molecule has 19 heavy (non-hydrogen) atoms. The van der Waals surface area contributed by atoms with E-state index in [-0.39, 0.29) is 12.5 Å². The lowest BCUT2D eigenvalue weighted by Gasteiger charge is -2.17. The molecule has 0 radical (unpaired) electrons. The van der Waals surface area contributed by atoms with Crippen LogP contribution in [0, 0.1) is 12.3 Å². The number of carbonyl (C=O) groups is 1. The zero-order valence-electron chi connectivity index (χ0n) is 11.0. The van der Waals surface area contributed by atoms with Crippen molar-refractivity contribution in [3.8, 4) is 18.1 Å². The van der Waals surface area contributed by atoms with E-state index in [0.717, 1.165) is 5.56 Å². The molecule has 1 aromatic carbocycles. The van der Waals surface area contributed by atoms with E-state index in [1.807, 2.05) is 7.05 Å². The van der Waals surface area contributed by atoms with Gasteiger partial charge in [0.1, 0.15) is 5.75 Å². The van der Waals surface area contributed by atoms with Crippen LogP contribution in [0.2, 0.25) is 5.02 Å². The quantitative estimate of drug-likeness (QED) is 0.778. The van der Waals surface area contributed by atoms with Gasteiger partial charge >= 0.3 is 0 Å². The van der Waals surface area contributed by atoms with E-state index in [4.69, 9.17) is 22.8 Å². The first kappa shape index (κ1) is 15.4. The number of halogens is 1. The van der Waals surface area contributed by atoms with Crippen molar-refractivity contribution in [2.75, 3.05) is 13.6 Å². The molecule has 2 N–H and O–H groups in total. The smallest absolute Gasteiger partial charge is 0.261 e. The van der Waals surface area contributed by atoms with Crippen LogP contribution in [0.4, 0.5) is 0 Å². The van der Waals surface area contributed by atoms with Crippen molar-refractivity contribution in [1.82, 2.24) is 10.6 Å². The van der Waals surface area contributed by atoms with Gasteiger partial charge in [0.15, 0.2) is 6.10 Å². The van der Waals surface area contributed by atoms with Crippen molar-refractivity contribution in [3.05, 3.63) is 28.8 Å². The summed E-state index contributed by atoms with van der Waals surface area (Å²) in [5.41, 5.74) is 0.822. The first-order valence-corrected chi connectivity index (χ1v) is 6.27. The Labute approximate surface area is 118 Å². The van der Waals surface area contributed by atoms with Gasteiger partial charge in [-0.3, -0.25) is 4.79 Å². The van der Waals surface area contributed by atoms with E-state index in [9.17, 15) is 4.79 Å². The third-order valence-electron chi connectivity index (χ3n) is 2.47. The molecule has 102 valence electrons. The second-order valence-electron chi connectivity index (χ2n) is 3.93. The minimum absolute atomic E-state index is 0.186. The van der Waals surface area contributed by atoms with Gasteiger partial charge < -0.3 is 15.4 Å². The molecule has 0 saturated heterocycles. The van der Waals surface area contributed by atoms with Crippen molar-refractivity contribution in [3.63, 3.8) is 0 Å². The normalized spacial score (nSPS) is 11.5. The molecule has 0 aromatic heterocycles. The highest BCUT2D eigenvalue weighted by Crippen LogP contribution is 2.27. The van der Waals surface area contributed by atoms with Gasteiger partial charge in [-0.2, -0.15) is 0 Å². The molecule has 0 fully saturated rings. The number of rotatable bonds is 6. The monoisotopic (exact) mass is 280 g/mol. The topological polar surface area (TPSA) is 50.4 Å². The molecular weight excluding hydrogens is 264 g/mol. The van der Waals surface area contributed by atoms with E-state index in [1.165, 1.54) is 0 Å². The Morgan fingerprint density at radius 3 is 2.95 bits per heavy atom. The number of hydrogen-bond donors (Lipinski definition) is 2. The second kappa shape index (κ2) is 7.67. The van der Waals surface area contributed by atoms with Gasteiger partial charge in [-0.25, -0.2) is 0 Å². The number of hydrogen-bond acceptors (Lipinski definition) is 3. The fourth-order valence-corrected chi connectivity index (χ4v) is 1.76. The molecule has 1 aromatic rings. The van der Waals surface area contributed by atoms with E-state index < -0.39 is 6.10 Å². The van der Waals surface area contributed by atoms with Crippen LogP contribution < -0.4 is 15.4 Å². The minimum atomic E-state index is -0.637. The largest absolute Gasteiger partial charge is 0.481 e. The van der Waals surface area contributed by atoms with Gasteiger partial charge in [-0.05, 0) is 26.1 Å². The van der Waals surface area contributed by atoms with Gasteiger partial charge in [-0.1, -0.05) is 23.6 Å². The Balaban J connectivity index is 2.79. The molecule has 0 spiro atoms. The maximum Gasteiger partial charge on any atom is 0.261 e. The van der Waals surface area contributed by atoms with Crippen LogP contribution in [0.3, 0.4) is 0 Å². The number of carbonyl (C=O) groups excluding carboxylic acids is 1. The van der Waals surface area contributed by atoms with Gasteiger partial charge in [0.2, 0.25) is 0 Å². The van der Waals surface area contributed by atoms with E-state index in [2.05, 4.69) is 16.6 Å². The molecule has 0 bridgehead atoms. The van der Waals surface area contributed by atoms with Crippen LogP contribution in [0.1, 0.15) is 12.5 Å². The van der Waals surface area contributed by atoms with Crippen molar-refractivity contribution >= 4 is 17.5 Å². The van der Waals surface area contributed by atoms with Crippen LogP contribution in [-0.2, 0) is 11.3 Å². The van der Waals surface area contributed by atoms with Crippen molar-refractivity contribution in [2.24, 2.45) is 0 Å². The SMILES string of the molecule is C#CCNC(=O)C(C)Oc1cccc(Cl)c1CNC. The van der Waals surface area contributed by atoms with Crippen LogP contribution in [0.15, 0.2) is 18.2 Å². The van der Waals surface area contributed by atoms with E-state index in [1.54, 1.807) is 25.1 Å². The number of nitrogens with one attached hydrogen (secondary N) is 2. The molecule has 5 heteroatoms. The Hall–Kier alpha value is -1.70. The summed E-state index contributed by atoms with van der Waals surface area (Å²) in [6.45, 7) is 2.41. The standard InChI is InChI=1S/C14H17ClN2O2/c1-4-8-17-14(18)10(2)19-13-7-5-6-12(15)11(13)9-16-3/h1,5-7,10,16H,8-9H2,2-3H3,(H,17,18). The summed E-state index contributed by atoms with van der Waals surface area (Å²) in [6, 6.07) is 5.34. The third kappa shape index (κ3) is 4.47. The van der Waals surface area contributed by atoms with Crippen molar-refractivity contribution in [2.45, 2.75) is 19.6 Å². The molecule has 1 amide bonds. The van der Waals surface area contributed by atoms with Gasteiger partial charge in [-0.15, -0.1) is 6.42 Å². The second-order valence-corrected chi connectivity index (χ2v) is 4.34. The highest BCUT2D eigenvalue weighted by atomic mass is 35.5. The minimum Gasteiger partial charge on any atom is -0.481 e. The van der Waals surface area contributed by atoms with Crippen LogP contribution in [0.25, 0.3) is 0 Å². The molecule has 1 atom stereocenters. The van der Waals surface area contributed by atoms with Gasteiger partial charge in [0.05, 0.1) is 6.54 Å². The molecular formula is C14H17ClN2O2. The van der Waals surface area contributed by atoms with Gasteiger partial charge in [0.25, 0.3) is 5.91 Å². The maximum atomic E-state index is 11.7. The molecule has 1 unspecified atom stereocenters. The summed E-state index contributed by atoms with van der Waals surface area (Å²) < 4.78 is 5.63. The summed E-state index contributed by atoms with van der Waals surface area (Å²) in [5, 5.41) is 6.18. The Bertz CT molecular complexity index is 483. The fourth-order valence-electron chi connectivity index (χ4n) is 1.52. The third-order valence-corrected chi connectivity index (χ3v) is 2.82. The molecule has 0 saturated carbocycles. The van der Waals surface area contributed by atoms with Crippen molar-refractivity contribution in [1.29, 1.82) is 0 Å². The lowest BCUT2D eigenvalue weighted by atomic mass is 10.2. The van der Waals surface area contributed by atoms with E-state index in [0.29, 0.717) is 17.3 Å². The van der Waals surface area contributed by atoms with E-state index >= 15 is 0 Å². The molecule has 0 heterocycles. The highest BCUT2D eigenvalue weighted by Gasteiger charge is 2.16. The Kier molecular flexibility index (Phi) is 6.20. The number of terminal acetylenes is 1. The number of benzene rings is 1. The first-order valence-electron chi connectivity index (χ1n) is 5.90. The van der Waals surface area contributed by atoms with Gasteiger partial charge in [0, 0.05) is 17.1 Å². The summed E-state index contributed by atoms with van der Waals surface area (Å²) in [7, 11) is 1.82. The first-order chi connectivity index (χ1) is 9.10. The highest BCUT2D eigenvalue weighted by molar-refractivity contribution is 6.31. The summed E-state index contributed by atoms with van der Waals surface area (Å²) >= 11 is 6.11. The zero-order chi connectivity index (χ0) is 14.3. The van der Waals surface area contributed by atoms with Crippen molar-refractivity contribution < 1.29 is 9.53 Å². The average Bonchev–Trinajstić information content (AvgIpc) is 2.39. The molecule has 0 aliphatic carbocycles. The Morgan fingerprint density at radius 2 is 2.32 bits per heavy atom. The molecule has 0 aliphatic heterocycles. The summed E-state index contributed by atoms with van der Waals surface area (Å²) in [4.78, 5) is 11.7. The fraction of sp³-hybridized carbons (Fsp3) is 0.357. The predicted molar refractivity (Wildman–Crippen MR) is 76.1 cm³/mol. The number of amides is 1. The number of ether oxygens (including phenoxy) is 1. The molecule has 4 nitrogen and oxygen atoms in total. The van der Waals surface area contributed by atoms with Crippen LogP contribution in [0.5, 0.6) is 5.75 Å². The van der Waals surface area contributed by atoms with Crippen LogP contribution >= 0.6 is 11.6 Å². The summed E-state index contributed by atoms with van der Waals surface area (Å²) in [5.74, 6) is 2.67. The predicted octanol–water partition coefficient (Wildman–Crippen LogP) is 1.58. The lowest BCUT2D eigenvalue weighted by Crippen LogP contribution is -2.36. The Morgan fingerprint density at radius 1 is 1.58 bits per heavy atom. The molecule has 1 rings (SSSR count). The zero-order valence-corrected chi connectivity index (χ0v) is 11.8.